The largest absolute Gasteiger partial charge is 0.496 e. The molecule has 1 aromatic rings. The standard InChI is InChI=1S/C13H21NO4S/c1-4-7-19(15,16)13-9-11(17-2)10(5-6-14)8-12(13)18-3/h8-9H,4-7,14H2,1-3H3. The Hall–Kier alpha value is -1.27. The maximum absolute atomic E-state index is 12.2. The monoisotopic (exact) mass is 287 g/mol. The first-order valence-electron chi connectivity index (χ1n) is 6.17. The molecule has 0 atom stereocenters. The van der Waals surface area contributed by atoms with E-state index in [1.807, 2.05) is 6.92 Å². The van der Waals surface area contributed by atoms with Gasteiger partial charge < -0.3 is 15.2 Å². The molecule has 0 aliphatic heterocycles. The number of benzene rings is 1. The predicted octanol–water partition coefficient (Wildman–Crippen LogP) is 1.39. The van der Waals surface area contributed by atoms with E-state index in [-0.39, 0.29) is 10.6 Å². The van der Waals surface area contributed by atoms with E-state index in [1.54, 1.807) is 6.07 Å². The lowest BCUT2D eigenvalue weighted by molar-refractivity contribution is 0.388. The zero-order valence-corrected chi connectivity index (χ0v) is 12.4. The Morgan fingerprint density at radius 2 is 1.79 bits per heavy atom. The first-order chi connectivity index (χ1) is 9.00. The molecule has 1 rings (SSSR count). The maximum atomic E-state index is 12.2. The van der Waals surface area contributed by atoms with Crippen molar-refractivity contribution in [1.82, 2.24) is 0 Å². The van der Waals surface area contributed by atoms with E-state index in [9.17, 15) is 8.42 Å². The van der Waals surface area contributed by atoms with Gasteiger partial charge in [0.1, 0.15) is 16.4 Å². The van der Waals surface area contributed by atoms with Crippen LogP contribution in [0.25, 0.3) is 0 Å². The van der Waals surface area contributed by atoms with Crippen LogP contribution in [0.2, 0.25) is 0 Å². The molecule has 5 nitrogen and oxygen atoms in total. The summed E-state index contributed by atoms with van der Waals surface area (Å²) >= 11 is 0. The maximum Gasteiger partial charge on any atom is 0.182 e. The average molecular weight is 287 g/mol. The molecule has 1 aromatic carbocycles. The third-order valence-corrected chi connectivity index (χ3v) is 4.72. The van der Waals surface area contributed by atoms with E-state index in [0.29, 0.717) is 30.9 Å². The Bertz CT molecular complexity index is 526. The van der Waals surface area contributed by atoms with Gasteiger partial charge in [0.05, 0.1) is 20.0 Å². The lowest BCUT2D eigenvalue weighted by Gasteiger charge is -2.14. The Morgan fingerprint density at radius 3 is 2.26 bits per heavy atom. The summed E-state index contributed by atoms with van der Waals surface area (Å²) in [4.78, 5) is 0.175. The normalized spacial score (nSPS) is 11.4. The fourth-order valence-corrected chi connectivity index (χ4v) is 3.40. The lowest BCUT2D eigenvalue weighted by Crippen LogP contribution is -2.10. The summed E-state index contributed by atoms with van der Waals surface area (Å²) in [5.74, 6) is 0.960. The number of ether oxygens (including phenoxy) is 2. The zero-order chi connectivity index (χ0) is 14.5. The van der Waals surface area contributed by atoms with E-state index in [0.717, 1.165) is 5.56 Å². The molecule has 0 saturated carbocycles. The smallest absolute Gasteiger partial charge is 0.182 e. The van der Waals surface area contributed by atoms with Crippen molar-refractivity contribution in [3.05, 3.63) is 17.7 Å². The second-order valence-electron chi connectivity index (χ2n) is 4.17. The molecular formula is C13H21NO4S. The molecule has 0 aliphatic rings. The second-order valence-corrected chi connectivity index (χ2v) is 6.25. The van der Waals surface area contributed by atoms with Crippen molar-refractivity contribution in [3.8, 4) is 11.5 Å². The first kappa shape index (κ1) is 15.8. The minimum Gasteiger partial charge on any atom is -0.496 e. The predicted molar refractivity (Wildman–Crippen MR) is 74.6 cm³/mol. The van der Waals surface area contributed by atoms with Crippen LogP contribution in [0.5, 0.6) is 11.5 Å². The third kappa shape index (κ3) is 3.61. The molecule has 6 heteroatoms. The van der Waals surface area contributed by atoms with E-state index in [2.05, 4.69) is 0 Å². The van der Waals surface area contributed by atoms with Crippen LogP contribution in [0.1, 0.15) is 18.9 Å². The minimum absolute atomic E-state index is 0.0861. The zero-order valence-electron chi connectivity index (χ0n) is 11.6. The second kappa shape index (κ2) is 6.77. The average Bonchev–Trinajstić information content (AvgIpc) is 2.38. The topological polar surface area (TPSA) is 78.6 Å². The molecule has 0 fully saturated rings. The Labute approximate surface area is 114 Å². The van der Waals surface area contributed by atoms with Gasteiger partial charge in [0.15, 0.2) is 9.84 Å². The third-order valence-electron chi connectivity index (χ3n) is 2.79. The van der Waals surface area contributed by atoms with Crippen molar-refractivity contribution in [3.63, 3.8) is 0 Å². The van der Waals surface area contributed by atoms with Gasteiger partial charge in [-0.25, -0.2) is 8.42 Å². The Balaban J connectivity index is 3.40. The minimum atomic E-state index is -3.35. The summed E-state index contributed by atoms with van der Waals surface area (Å²) < 4.78 is 34.8. The molecule has 0 unspecified atom stereocenters. The molecule has 108 valence electrons. The van der Waals surface area contributed by atoms with Crippen LogP contribution in [0.4, 0.5) is 0 Å². The molecule has 0 aliphatic carbocycles. The summed E-state index contributed by atoms with van der Waals surface area (Å²) in [6.45, 7) is 2.28. The molecule has 2 N–H and O–H groups in total. The van der Waals surface area contributed by atoms with Gasteiger partial charge in [0.25, 0.3) is 0 Å². The van der Waals surface area contributed by atoms with Gasteiger partial charge >= 0.3 is 0 Å². The molecular weight excluding hydrogens is 266 g/mol. The van der Waals surface area contributed by atoms with Crippen molar-refractivity contribution in [2.24, 2.45) is 5.73 Å². The quantitative estimate of drug-likeness (QED) is 0.820. The summed E-state index contributed by atoms with van der Waals surface area (Å²) in [6, 6.07) is 3.21. The number of nitrogens with two attached hydrogens (primary N) is 1. The Morgan fingerprint density at radius 1 is 1.16 bits per heavy atom. The molecule has 0 spiro atoms. The van der Waals surface area contributed by atoms with Crippen molar-refractivity contribution in [2.75, 3.05) is 26.5 Å². The fraction of sp³-hybridized carbons (Fsp3) is 0.538. The van der Waals surface area contributed by atoms with Gasteiger partial charge in [-0.15, -0.1) is 0 Å². The highest BCUT2D eigenvalue weighted by molar-refractivity contribution is 7.91. The van der Waals surface area contributed by atoms with Gasteiger partial charge in [-0.3, -0.25) is 0 Å². The number of sulfone groups is 1. The van der Waals surface area contributed by atoms with E-state index >= 15 is 0 Å². The molecule has 0 amide bonds. The van der Waals surface area contributed by atoms with Crippen LogP contribution in [-0.2, 0) is 16.3 Å². The number of methoxy groups -OCH3 is 2. The highest BCUT2D eigenvalue weighted by atomic mass is 32.2. The van der Waals surface area contributed by atoms with Crippen molar-refractivity contribution in [2.45, 2.75) is 24.7 Å². The molecule has 0 radical (unpaired) electrons. The van der Waals surface area contributed by atoms with Crippen LogP contribution in [0.3, 0.4) is 0 Å². The number of rotatable bonds is 7. The number of hydrogen-bond acceptors (Lipinski definition) is 5. The van der Waals surface area contributed by atoms with Gasteiger partial charge in [0.2, 0.25) is 0 Å². The van der Waals surface area contributed by atoms with Gasteiger partial charge in [-0.05, 0) is 31.0 Å². The van der Waals surface area contributed by atoms with Crippen molar-refractivity contribution >= 4 is 9.84 Å². The molecule has 0 aromatic heterocycles. The summed E-state index contributed by atoms with van der Waals surface area (Å²) in [5, 5.41) is 0. The molecule has 0 bridgehead atoms. The fourth-order valence-electron chi connectivity index (χ4n) is 1.91. The van der Waals surface area contributed by atoms with Crippen LogP contribution >= 0.6 is 0 Å². The molecule has 0 saturated heterocycles. The SMILES string of the molecule is CCCS(=O)(=O)c1cc(OC)c(CCN)cc1OC. The van der Waals surface area contributed by atoms with E-state index in [1.165, 1.54) is 20.3 Å². The van der Waals surface area contributed by atoms with Gasteiger partial charge in [-0.2, -0.15) is 0 Å². The summed E-state index contributed by atoms with van der Waals surface area (Å²) in [5.41, 5.74) is 6.38. The van der Waals surface area contributed by atoms with E-state index in [4.69, 9.17) is 15.2 Å². The highest BCUT2D eigenvalue weighted by Gasteiger charge is 2.21. The highest BCUT2D eigenvalue weighted by Crippen LogP contribution is 2.33. The number of hydrogen-bond donors (Lipinski definition) is 1. The van der Waals surface area contributed by atoms with Crippen LogP contribution in [-0.4, -0.2) is 34.9 Å². The van der Waals surface area contributed by atoms with Gasteiger partial charge in [0, 0.05) is 6.07 Å². The first-order valence-corrected chi connectivity index (χ1v) is 7.83. The lowest BCUT2D eigenvalue weighted by atomic mass is 10.1. The van der Waals surface area contributed by atoms with Crippen LogP contribution in [0, 0.1) is 0 Å². The van der Waals surface area contributed by atoms with Crippen molar-refractivity contribution < 1.29 is 17.9 Å². The molecule has 19 heavy (non-hydrogen) atoms. The van der Waals surface area contributed by atoms with Crippen LogP contribution in [0.15, 0.2) is 17.0 Å². The Kier molecular flexibility index (Phi) is 5.62. The van der Waals surface area contributed by atoms with Gasteiger partial charge in [-0.1, -0.05) is 6.92 Å². The van der Waals surface area contributed by atoms with E-state index < -0.39 is 9.84 Å². The molecule has 0 heterocycles. The van der Waals surface area contributed by atoms with Crippen LogP contribution < -0.4 is 15.2 Å². The summed E-state index contributed by atoms with van der Waals surface area (Å²) in [7, 11) is -0.384. The van der Waals surface area contributed by atoms with Crippen molar-refractivity contribution in [1.29, 1.82) is 0 Å². The summed E-state index contributed by atoms with van der Waals surface area (Å²) in [6.07, 6.45) is 1.16.